The van der Waals surface area contributed by atoms with Gasteiger partial charge in [0.05, 0.1) is 18.8 Å². The Morgan fingerprint density at radius 3 is 2.51 bits per heavy atom. The summed E-state index contributed by atoms with van der Waals surface area (Å²) >= 11 is -1.65. The van der Waals surface area contributed by atoms with Gasteiger partial charge in [0, 0.05) is 49.7 Å². The number of rotatable bonds is 2. The lowest BCUT2D eigenvalue weighted by Crippen LogP contribution is -2.46. The second-order valence-corrected chi connectivity index (χ2v) is 12.4. The minimum Gasteiger partial charge on any atom is -0.588 e. The van der Waals surface area contributed by atoms with E-state index >= 15 is 0 Å². The fourth-order valence-corrected chi connectivity index (χ4v) is 6.91. The van der Waals surface area contributed by atoms with Crippen molar-refractivity contribution in [1.82, 2.24) is 19.8 Å². The van der Waals surface area contributed by atoms with Crippen LogP contribution in [-0.2, 0) is 22.7 Å². The van der Waals surface area contributed by atoms with E-state index in [0.717, 1.165) is 22.3 Å². The summed E-state index contributed by atoms with van der Waals surface area (Å²) in [5, 5.41) is 0. The van der Waals surface area contributed by atoms with Gasteiger partial charge in [-0.3, -0.25) is 9.69 Å². The maximum Gasteiger partial charge on any atom is 0.269 e. The SMILES string of the molecule is Cc1cccc(C)c1-c1cc2nc(n1)N[S+]([O-])c1cccc(c1)CN1CC(CN(C3CCC(F)(F)CC3)CC1=O)O2. The molecule has 1 saturated carbocycles. The van der Waals surface area contributed by atoms with Crippen LogP contribution in [0.2, 0.25) is 0 Å². The first kappa shape index (κ1) is 27.9. The number of hydrogen-bond acceptors (Lipinski definition) is 7. The van der Waals surface area contributed by atoms with Crippen molar-refractivity contribution in [2.45, 2.75) is 69.0 Å². The Kier molecular flexibility index (Phi) is 7.60. The third kappa shape index (κ3) is 6.17. The molecule has 2 aromatic carbocycles. The van der Waals surface area contributed by atoms with E-state index in [1.807, 2.05) is 55.1 Å². The number of hydrogen-bond donors (Lipinski definition) is 1. The third-order valence-electron chi connectivity index (χ3n) is 8.15. The van der Waals surface area contributed by atoms with Crippen LogP contribution in [-0.4, -0.2) is 67.9 Å². The largest absolute Gasteiger partial charge is 0.588 e. The molecule has 3 aromatic rings. The summed E-state index contributed by atoms with van der Waals surface area (Å²) in [6, 6.07) is 14.9. The summed E-state index contributed by atoms with van der Waals surface area (Å²) in [7, 11) is 0. The first-order valence-corrected chi connectivity index (χ1v) is 15.1. The first-order chi connectivity index (χ1) is 19.6. The molecule has 0 spiro atoms. The Hall–Kier alpha value is -3.28. The summed E-state index contributed by atoms with van der Waals surface area (Å²) in [4.78, 5) is 27.1. The number of ether oxygens (including phenoxy) is 1. The van der Waals surface area contributed by atoms with Crippen molar-refractivity contribution in [2.75, 3.05) is 24.4 Å². The van der Waals surface area contributed by atoms with Crippen molar-refractivity contribution in [1.29, 1.82) is 0 Å². The van der Waals surface area contributed by atoms with Gasteiger partial charge >= 0.3 is 0 Å². The maximum atomic E-state index is 13.9. The van der Waals surface area contributed by atoms with E-state index in [0.29, 0.717) is 43.1 Å². The number of carbonyl (C=O) groups is 1. The molecule has 1 saturated heterocycles. The van der Waals surface area contributed by atoms with Gasteiger partial charge in [-0.2, -0.15) is 9.71 Å². The monoisotopic (exact) mass is 581 g/mol. The highest BCUT2D eigenvalue weighted by atomic mass is 32.2. The molecule has 0 radical (unpaired) electrons. The van der Waals surface area contributed by atoms with Crippen molar-refractivity contribution in [2.24, 2.45) is 0 Å². The number of nitrogens with zero attached hydrogens (tertiary/aromatic N) is 4. The molecule has 2 aliphatic heterocycles. The number of aryl methyl sites for hydroxylation is 2. The molecule has 3 heterocycles. The number of fused-ring (bicyclic) bond motifs is 6. The van der Waals surface area contributed by atoms with Crippen molar-refractivity contribution in [3.63, 3.8) is 0 Å². The molecule has 2 unspecified atom stereocenters. The molecule has 1 N–H and O–H groups in total. The van der Waals surface area contributed by atoms with Crippen LogP contribution in [0.15, 0.2) is 53.4 Å². The summed E-state index contributed by atoms with van der Waals surface area (Å²) < 4.78 is 50.6. The Morgan fingerprint density at radius 2 is 1.76 bits per heavy atom. The number of anilines is 1. The molecular formula is C30H33F2N5O3S. The summed E-state index contributed by atoms with van der Waals surface area (Å²) in [6.07, 6.45) is -0.159. The predicted molar refractivity (Wildman–Crippen MR) is 152 cm³/mol. The quantitative estimate of drug-likeness (QED) is 0.432. The third-order valence-corrected chi connectivity index (χ3v) is 9.20. The molecular weight excluding hydrogens is 548 g/mol. The van der Waals surface area contributed by atoms with Gasteiger partial charge in [0.1, 0.15) is 17.5 Å². The molecule has 6 rings (SSSR count). The number of benzene rings is 2. The minimum atomic E-state index is -2.65. The van der Waals surface area contributed by atoms with Crippen LogP contribution >= 0.6 is 0 Å². The lowest BCUT2D eigenvalue weighted by molar-refractivity contribution is -0.132. The lowest BCUT2D eigenvalue weighted by Gasteiger charge is -2.36. The average Bonchev–Trinajstić information content (AvgIpc) is 3.06. The van der Waals surface area contributed by atoms with Crippen LogP contribution in [0.4, 0.5) is 14.7 Å². The Labute approximate surface area is 241 Å². The highest BCUT2D eigenvalue weighted by molar-refractivity contribution is 7.92. The van der Waals surface area contributed by atoms with E-state index in [9.17, 15) is 18.1 Å². The van der Waals surface area contributed by atoms with Crippen molar-refractivity contribution in [3.8, 4) is 17.1 Å². The van der Waals surface area contributed by atoms with Gasteiger partial charge in [0.25, 0.3) is 5.95 Å². The molecule has 41 heavy (non-hydrogen) atoms. The highest BCUT2D eigenvalue weighted by Crippen LogP contribution is 2.36. The van der Waals surface area contributed by atoms with Gasteiger partial charge in [0.15, 0.2) is 4.90 Å². The zero-order chi connectivity index (χ0) is 28.7. The van der Waals surface area contributed by atoms with Gasteiger partial charge in [0.2, 0.25) is 17.7 Å². The molecule has 1 amide bonds. The smallest absolute Gasteiger partial charge is 0.269 e. The molecule has 11 heteroatoms. The summed E-state index contributed by atoms with van der Waals surface area (Å²) in [6.45, 7) is 5.16. The van der Waals surface area contributed by atoms with Crippen LogP contribution in [0.25, 0.3) is 11.3 Å². The van der Waals surface area contributed by atoms with Gasteiger partial charge in [-0.05, 0) is 49.4 Å². The van der Waals surface area contributed by atoms with Crippen LogP contribution in [0, 0.1) is 13.8 Å². The second-order valence-electron chi connectivity index (χ2n) is 11.2. The molecule has 216 valence electrons. The lowest BCUT2D eigenvalue weighted by atomic mass is 9.91. The molecule has 6 bridgehead atoms. The second kappa shape index (κ2) is 11.2. The topological polar surface area (TPSA) is 93.6 Å². The van der Waals surface area contributed by atoms with E-state index in [2.05, 4.69) is 9.71 Å². The number of nitrogens with one attached hydrogen (secondary N) is 1. The number of carbonyl (C=O) groups excluding carboxylic acids is 1. The van der Waals surface area contributed by atoms with Crippen LogP contribution in [0.5, 0.6) is 5.88 Å². The molecule has 1 aromatic heterocycles. The zero-order valence-electron chi connectivity index (χ0n) is 23.1. The van der Waals surface area contributed by atoms with Gasteiger partial charge in [-0.15, -0.1) is 0 Å². The van der Waals surface area contributed by atoms with Crippen LogP contribution in [0.1, 0.15) is 42.4 Å². The summed E-state index contributed by atoms with van der Waals surface area (Å²) in [5.41, 5.74) is 4.44. The fourth-order valence-electron chi connectivity index (χ4n) is 6.07. The van der Waals surface area contributed by atoms with Crippen LogP contribution < -0.4 is 9.46 Å². The average molecular weight is 582 g/mol. The predicted octanol–water partition coefficient (Wildman–Crippen LogP) is 4.88. The summed E-state index contributed by atoms with van der Waals surface area (Å²) in [5.74, 6) is -2.29. The van der Waals surface area contributed by atoms with Gasteiger partial charge in [-0.1, -0.05) is 30.3 Å². The Morgan fingerprint density at radius 1 is 1.02 bits per heavy atom. The number of alkyl halides is 2. The maximum absolute atomic E-state index is 13.9. The molecule has 2 fully saturated rings. The van der Waals surface area contributed by atoms with E-state index in [1.165, 1.54) is 0 Å². The molecule has 2 atom stereocenters. The molecule has 8 nitrogen and oxygen atoms in total. The zero-order valence-corrected chi connectivity index (χ0v) is 23.9. The number of halogens is 2. The van der Waals surface area contributed by atoms with Crippen LogP contribution in [0.3, 0.4) is 0 Å². The minimum absolute atomic E-state index is 0.0902. The van der Waals surface area contributed by atoms with Crippen molar-refractivity contribution >= 4 is 23.2 Å². The van der Waals surface area contributed by atoms with Crippen molar-refractivity contribution < 1.29 is 22.9 Å². The van der Waals surface area contributed by atoms with Gasteiger partial charge < -0.3 is 14.2 Å². The van der Waals surface area contributed by atoms with E-state index in [-0.39, 0.29) is 43.2 Å². The van der Waals surface area contributed by atoms with E-state index < -0.39 is 23.4 Å². The molecule has 3 aliphatic rings. The Balaban J connectivity index is 1.41. The van der Waals surface area contributed by atoms with Crippen molar-refractivity contribution in [3.05, 3.63) is 65.2 Å². The van der Waals surface area contributed by atoms with Gasteiger partial charge in [-0.25, -0.2) is 13.8 Å². The Bertz CT molecular complexity index is 1430. The first-order valence-electron chi connectivity index (χ1n) is 13.9. The standard InChI is InChI=1S/C30H33F2N5O3S/c1-19-5-3-6-20(2)28(19)25-14-26-34-29(33-25)35-41(39)24-8-4-7-21(13-24)15-37-17-23(40-26)16-36(18-27(37)38)22-9-11-30(31,32)12-10-22/h3-8,13-14,22-23H,9-12,15-18H2,1-2H3,(H,33,34,35). The number of amides is 1. The molecule has 1 aliphatic carbocycles. The number of aromatic nitrogens is 2. The van der Waals surface area contributed by atoms with E-state index in [1.54, 1.807) is 17.0 Å². The normalized spacial score (nSPS) is 23.3. The van der Waals surface area contributed by atoms with E-state index in [4.69, 9.17) is 9.72 Å². The highest BCUT2D eigenvalue weighted by Gasteiger charge is 2.40. The fraction of sp³-hybridized carbons (Fsp3) is 0.433.